The Labute approximate surface area is 123 Å². The molecule has 0 radical (unpaired) electrons. The second-order valence-electron chi connectivity index (χ2n) is 4.33. The summed E-state index contributed by atoms with van der Waals surface area (Å²) in [6.45, 7) is 0.500. The van der Waals surface area contributed by atoms with Crippen molar-refractivity contribution in [3.05, 3.63) is 23.4 Å². The molecule has 0 bridgehead atoms. The van der Waals surface area contributed by atoms with Crippen molar-refractivity contribution >= 4 is 29.3 Å². The predicted molar refractivity (Wildman–Crippen MR) is 76.8 cm³/mol. The highest BCUT2D eigenvalue weighted by Crippen LogP contribution is 2.12. The summed E-state index contributed by atoms with van der Waals surface area (Å²) in [5.74, 6) is 0.217. The molecule has 6 nitrogen and oxygen atoms in total. The standard InChI is InChI=1S/C13H18ClN3O3/c1-16(7-6-13(19)20-3)12(18)9-17(2)11-5-4-10(14)8-15-11/h4-5,8H,6-7,9H2,1-3H3. The molecule has 0 aromatic carbocycles. The number of nitrogens with zero attached hydrogens (tertiary/aromatic N) is 3. The first-order valence-corrected chi connectivity index (χ1v) is 6.45. The molecule has 0 atom stereocenters. The SMILES string of the molecule is COC(=O)CCN(C)C(=O)CN(C)c1ccc(Cl)cn1. The molecular weight excluding hydrogens is 282 g/mol. The Kier molecular flexibility index (Phi) is 6.24. The zero-order valence-electron chi connectivity index (χ0n) is 11.8. The number of pyridine rings is 1. The Hall–Kier alpha value is -1.82. The second kappa shape index (κ2) is 7.69. The zero-order valence-corrected chi connectivity index (χ0v) is 12.6. The van der Waals surface area contributed by atoms with Gasteiger partial charge in [0.15, 0.2) is 0 Å². The van der Waals surface area contributed by atoms with Gasteiger partial charge in [-0.3, -0.25) is 9.59 Å². The van der Waals surface area contributed by atoms with Crippen molar-refractivity contribution in [1.29, 1.82) is 0 Å². The normalized spacial score (nSPS) is 10.0. The average Bonchev–Trinajstić information content (AvgIpc) is 2.44. The molecule has 7 heteroatoms. The number of amides is 1. The number of aromatic nitrogens is 1. The minimum atomic E-state index is -0.336. The van der Waals surface area contributed by atoms with E-state index in [9.17, 15) is 9.59 Å². The van der Waals surface area contributed by atoms with Crippen molar-refractivity contribution in [2.45, 2.75) is 6.42 Å². The molecular formula is C13H18ClN3O3. The summed E-state index contributed by atoms with van der Waals surface area (Å²) in [7, 11) is 4.74. The fourth-order valence-corrected chi connectivity index (χ4v) is 1.60. The third kappa shape index (κ3) is 5.05. The third-order valence-corrected chi connectivity index (χ3v) is 3.00. The quantitative estimate of drug-likeness (QED) is 0.739. The van der Waals surface area contributed by atoms with Crippen LogP contribution in [0.1, 0.15) is 6.42 Å². The first-order chi connectivity index (χ1) is 9.43. The summed E-state index contributed by atoms with van der Waals surface area (Å²) in [5, 5.41) is 0.545. The van der Waals surface area contributed by atoms with Gasteiger partial charge >= 0.3 is 5.97 Å². The number of esters is 1. The van der Waals surface area contributed by atoms with Crippen molar-refractivity contribution in [1.82, 2.24) is 9.88 Å². The van der Waals surface area contributed by atoms with Gasteiger partial charge in [0.2, 0.25) is 5.91 Å². The number of methoxy groups -OCH3 is 1. The maximum atomic E-state index is 12.0. The fourth-order valence-electron chi connectivity index (χ4n) is 1.48. The highest BCUT2D eigenvalue weighted by Gasteiger charge is 2.14. The smallest absolute Gasteiger partial charge is 0.307 e. The summed E-state index contributed by atoms with van der Waals surface area (Å²) in [4.78, 5) is 30.3. The molecule has 0 N–H and O–H groups in total. The van der Waals surface area contributed by atoms with Gasteiger partial charge in [0, 0.05) is 26.8 Å². The summed E-state index contributed by atoms with van der Waals surface area (Å²) in [5.41, 5.74) is 0. The van der Waals surface area contributed by atoms with E-state index in [2.05, 4.69) is 9.72 Å². The molecule has 0 saturated carbocycles. The van der Waals surface area contributed by atoms with Gasteiger partial charge in [-0.1, -0.05) is 11.6 Å². The van der Waals surface area contributed by atoms with Gasteiger partial charge in [-0.25, -0.2) is 4.98 Å². The number of hydrogen-bond acceptors (Lipinski definition) is 5. The van der Waals surface area contributed by atoms with Crippen molar-refractivity contribution in [3.63, 3.8) is 0 Å². The van der Waals surface area contributed by atoms with Gasteiger partial charge in [0.1, 0.15) is 5.82 Å². The minimum absolute atomic E-state index is 0.104. The Morgan fingerprint density at radius 1 is 1.35 bits per heavy atom. The largest absolute Gasteiger partial charge is 0.469 e. The van der Waals surface area contributed by atoms with Gasteiger partial charge in [0.25, 0.3) is 0 Å². The van der Waals surface area contributed by atoms with Crippen LogP contribution in [0.4, 0.5) is 5.82 Å². The Morgan fingerprint density at radius 3 is 2.60 bits per heavy atom. The van der Waals surface area contributed by atoms with Crippen molar-refractivity contribution in [3.8, 4) is 0 Å². The monoisotopic (exact) mass is 299 g/mol. The predicted octanol–water partition coefficient (Wildman–Crippen LogP) is 1.19. The second-order valence-corrected chi connectivity index (χ2v) is 4.77. The van der Waals surface area contributed by atoms with E-state index in [1.807, 2.05) is 0 Å². The van der Waals surface area contributed by atoms with Gasteiger partial charge in [0.05, 0.1) is 25.1 Å². The number of rotatable bonds is 6. The van der Waals surface area contributed by atoms with Crippen molar-refractivity contribution in [2.24, 2.45) is 0 Å². The number of hydrogen-bond donors (Lipinski definition) is 0. The van der Waals surface area contributed by atoms with Gasteiger partial charge in [-0.15, -0.1) is 0 Å². The first-order valence-electron chi connectivity index (χ1n) is 6.07. The highest BCUT2D eigenvalue weighted by atomic mass is 35.5. The van der Waals surface area contributed by atoms with Crippen LogP contribution in [-0.2, 0) is 14.3 Å². The molecule has 20 heavy (non-hydrogen) atoms. The molecule has 1 aromatic rings. The van der Waals surface area contributed by atoms with Crippen LogP contribution >= 0.6 is 11.6 Å². The van der Waals surface area contributed by atoms with E-state index >= 15 is 0 Å². The van der Waals surface area contributed by atoms with Crippen molar-refractivity contribution < 1.29 is 14.3 Å². The van der Waals surface area contributed by atoms with Crippen LogP contribution in [0.3, 0.4) is 0 Å². The first kappa shape index (κ1) is 16.2. The van der Waals surface area contributed by atoms with E-state index in [0.29, 0.717) is 17.4 Å². The number of carbonyl (C=O) groups excluding carboxylic acids is 2. The topological polar surface area (TPSA) is 62.7 Å². The Morgan fingerprint density at radius 2 is 2.05 bits per heavy atom. The van der Waals surface area contributed by atoms with Crippen LogP contribution in [0.5, 0.6) is 0 Å². The molecule has 0 spiro atoms. The summed E-state index contributed by atoms with van der Waals surface area (Å²) < 4.78 is 4.53. The van der Waals surface area contributed by atoms with Crippen LogP contribution in [0.2, 0.25) is 5.02 Å². The van der Waals surface area contributed by atoms with Crippen LogP contribution in [-0.4, -0.2) is 56.1 Å². The number of ether oxygens (including phenoxy) is 1. The number of likely N-dealkylation sites (N-methyl/N-ethyl adjacent to an activating group) is 2. The fraction of sp³-hybridized carbons (Fsp3) is 0.462. The lowest BCUT2D eigenvalue weighted by Gasteiger charge is -2.22. The van der Waals surface area contributed by atoms with Gasteiger partial charge < -0.3 is 14.5 Å². The van der Waals surface area contributed by atoms with E-state index in [1.165, 1.54) is 18.2 Å². The lowest BCUT2D eigenvalue weighted by Crippen LogP contribution is -2.38. The molecule has 0 aliphatic heterocycles. The van der Waals surface area contributed by atoms with Crippen LogP contribution < -0.4 is 4.90 Å². The molecule has 0 saturated heterocycles. The average molecular weight is 300 g/mol. The van der Waals surface area contributed by atoms with Gasteiger partial charge in [-0.05, 0) is 12.1 Å². The summed E-state index contributed by atoms with van der Waals surface area (Å²) >= 11 is 5.76. The molecule has 0 fully saturated rings. The minimum Gasteiger partial charge on any atom is -0.469 e. The van der Waals surface area contributed by atoms with E-state index in [4.69, 9.17) is 11.6 Å². The Bertz CT molecular complexity index is 464. The van der Waals surface area contributed by atoms with E-state index in [0.717, 1.165) is 0 Å². The maximum Gasteiger partial charge on any atom is 0.307 e. The maximum absolute atomic E-state index is 12.0. The third-order valence-electron chi connectivity index (χ3n) is 2.78. The zero-order chi connectivity index (χ0) is 15.1. The lowest BCUT2D eigenvalue weighted by molar-refractivity contribution is -0.141. The Balaban J connectivity index is 2.48. The molecule has 110 valence electrons. The molecule has 1 amide bonds. The highest BCUT2D eigenvalue weighted by molar-refractivity contribution is 6.30. The molecule has 1 aromatic heterocycles. The lowest BCUT2D eigenvalue weighted by atomic mass is 10.3. The van der Waals surface area contributed by atoms with Crippen LogP contribution in [0, 0.1) is 0 Å². The molecule has 0 aliphatic carbocycles. The molecule has 1 rings (SSSR count). The molecule has 0 aliphatic rings. The van der Waals surface area contributed by atoms with E-state index in [-0.39, 0.29) is 24.8 Å². The molecule has 1 heterocycles. The van der Waals surface area contributed by atoms with Crippen LogP contribution in [0.25, 0.3) is 0 Å². The number of halogens is 1. The number of carbonyl (C=O) groups is 2. The van der Waals surface area contributed by atoms with E-state index in [1.54, 1.807) is 31.1 Å². The van der Waals surface area contributed by atoms with Crippen LogP contribution in [0.15, 0.2) is 18.3 Å². The van der Waals surface area contributed by atoms with Gasteiger partial charge in [-0.2, -0.15) is 0 Å². The van der Waals surface area contributed by atoms with Crippen molar-refractivity contribution in [2.75, 3.05) is 39.2 Å². The van der Waals surface area contributed by atoms with E-state index < -0.39 is 0 Å². The summed E-state index contributed by atoms with van der Waals surface area (Å²) in [6.07, 6.45) is 1.71. The molecule has 0 unspecified atom stereocenters. The summed E-state index contributed by atoms with van der Waals surface area (Å²) in [6, 6.07) is 3.45. The number of anilines is 1.